The molecule has 1 saturated carbocycles. The monoisotopic (exact) mass is 272 g/mol. The molecule has 2 N–H and O–H groups in total. The Morgan fingerprint density at radius 2 is 2.10 bits per heavy atom. The zero-order valence-electron chi connectivity index (χ0n) is 11.5. The fraction of sp³-hybridized carbons (Fsp3) is 0.467. The summed E-state index contributed by atoms with van der Waals surface area (Å²) in [6.45, 7) is 0.597. The molecule has 0 bridgehead atoms. The van der Waals surface area contributed by atoms with Gasteiger partial charge in [0, 0.05) is 12.2 Å². The first-order valence-electron chi connectivity index (χ1n) is 7.26. The van der Waals surface area contributed by atoms with E-state index in [-0.39, 0.29) is 0 Å². The largest absolute Gasteiger partial charge is 0.467 e. The van der Waals surface area contributed by atoms with Gasteiger partial charge in [-0.15, -0.1) is 0 Å². The second-order valence-electron chi connectivity index (χ2n) is 5.18. The van der Waals surface area contributed by atoms with Gasteiger partial charge in [0.2, 0.25) is 5.95 Å². The van der Waals surface area contributed by atoms with E-state index >= 15 is 0 Å². The van der Waals surface area contributed by atoms with Crippen molar-refractivity contribution in [1.29, 1.82) is 0 Å². The first-order valence-corrected chi connectivity index (χ1v) is 7.26. The summed E-state index contributed by atoms with van der Waals surface area (Å²) in [5, 5.41) is 6.67. The SMILES string of the molecule is c1coc(CNc2nccc(NC3CCCCC3)n2)c1. The first kappa shape index (κ1) is 13.0. The average molecular weight is 272 g/mol. The number of rotatable bonds is 5. The molecular weight excluding hydrogens is 252 g/mol. The highest BCUT2D eigenvalue weighted by atomic mass is 16.3. The van der Waals surface area contributed by atoms with Crippen molar-refractivity contribution in [2.75, 3.05) is 10.6 Å². The molecule has 2 heterocycles. The third-order valence-corrected chi connectivity index (χ3v) is 3.61. The maximum Gasteiger partial charge on any atom is 0.224 e. The van der Waals surface area contributed by atoms with Gasteiger partial charge in [0.05, 0.1) is 12.8 Å². The van der Waals surface area contributed by atoms with Crippen LogP contribution in [-0.4, -0.2) is 16.0 Å². The van der Waals surface area contributed by atoms with Gasteiger partial charge >= 0.3 is 0 Å². The van der Waals surface area contributed by atoms with Crippen LogP contribution >= 0.6 is 0 Å². The lowest BCUT2D eigenvalue weighted by Gasteiger charge is -2.23. The highest BCUT2D eigenvalue weighted by Gasteiger charge is 2.13. The van der Waals surface area contributed by atoms with Crippen molar-refractivity contribution in [2.24, 2.45) is 0 Å². The minimum absolute atomic E-state index is 0.552. The Labute approximate surface area is 118 Å². The van der Waals surface area contributed by atoms with Gasteiger partial charge in [-0.2, -0.15) is 4.98 Å². The fourth-order valence-electron chi connectivity index (χ4n) is 2.56. The molecule has 5 nitrogen and oxygen atoms in total. The van der Waals surface area contributed by atoms with Crippen molar-refractivity contribution in [1.82, 2.24) is 9.97 Å². The van der Waals surface area contributed by atoms with Gasteiger partial charge in [0.15, 0.2) is 0 Å². The molecule has 3 rings (SSSR count). The molecule has 1 fully saturated rings. The Morgan fingerprint density at radius 1 is 1.20 bits per heavy atom. The number of nitrogens with one attached hydrogen (secondary N) is 2. The van der Waals surface area contributed by atoms with Crippen molar-refractivity contribution < 1.29 is 4.42 Å². The molecule has 0 atom stereocenters. The fourth-order valence-corrected chi connectivity index (χ4v) is 2.56. The van der Waals surface area contributed by atoms with Gasteiger partial charge in [0.25, 0.3) is 0 Å². The van der Waals surface area contributed by atoms with Crippen LogP contribution < -0.4 is 10.6 Å². The second kappa shape index (κ2) is 6.41. The summed E-state index contributed by atoms with van der Waals surface area (Å²) >= 11 is 0. The minimum Gasteiger partial charge on any atom is -0.467 e. The van der Waals surface area contributed by atoms with Gasteiger partial charge in [-0.25, -0.2) is 4.98 Å². The van der Waals surface area contributed by atoms with Crippen molar-refractivity contribution in [2.45, 2.75) is 44.7 Å². The molecule has 2 aromatic rings. The summed E-state index contributed by atoms with van der Waals surface area (Å²) in [4.78, 5) is 8.72. The van der Waals surface area contributed by atoms with Gasteiger partial charge < -0.3 is 15.1 Å². The van der Waals surface area contributed by atoms with Crippen molar-refractivity contribution in [3.63, 3.8) is 0 Å². The summed E-state index contributed by atoms with van der Waals surface area (Å²) in [7, 11) is 0. The molecule has 0 unspecified atom stereocenters. The molecule has 106 valence electrons. The Kier molecular flexibility index (Phi) is 4.16. The van der Waals surface area contributed by atoms with Gasteiger partial charge in [0.1, 0.15) is 11.6 Å². The van der Waals surface area contributed by atoms with E-state index in [0.717, 1.165) is 11.6 Å². The van der Waals surface area contributed by atoms with Crippen LogP contribution in [-0.2, 0) is 6.54 Å². The Morgan fingerprint density at radius 3 is 2.90 bits per heavy atom. The molecule has 1 aliphatic carbocycles. The Bertz CT molecular complexity index is 520. The van der Waals surface area contributed by atoms with Crippen LogP contribution in [0.5, 0.6) is 0 Å². The molecule has 1 aliphatic rings. The maximum atomic E-state index is 5.27. The van der Waals surface area contributed by atoms with Crippen LogP contribution in [0.15, 0.2) is 35.1 Å². The predicted octanol–water partition coefficient (Wildman–Crippen LogP) is 3.43. The lowest BCUT2D eigenvalue weighted by Crippen LogP contribution is -2.23. The number of hydrogen-bond acceptors (Lipinski definition) is 5. The average Bonchev–Trinajstić information content (AvgIpc) is 3.00. The third kappa shape index (κ3) is 3.50. The molecule has 0 amide bonds. The van der Waals surface area contributed by atoms with E-state index in [0.29, 0.717) is 18.5 Å². The maximum absolute atomic E-state index is 5.27. The van der Waals surface area contributed by atoms with Gasteiger partial charge in [-0.05, 0) is 31.0 Å². The van der Waals surface area contributed by atoms with E-state index in [9.17, 15) is 0 Å². The van der Waals surface area contributed by atoms with Crippen molar-refractivity contribution in [3.05, 3.63) is 36.4 Å². The van der Waals surface area contributed by atoms with Crippen LogP contribution in [0, 0.1) is 0 Å². The van der Waals surface area contributed by atoms with Gasteiger partial charge in [-0.1, -0.05) is 19.3 Å². The second-order valence-corrected chi connectivity index (χ2v) is 5.18. The zero-order chi connectivity index (χ0) is 13.6. The quantitative estimate of drug-likeness (QED) is 0.873. The summed E-state index contributed by atoms with van der Waals surface area (Å²) in [5.74, 6) is 2.40. The number of hydrogen-bond donors (Lipinski definition) is 2. The zero-order valence-corrected chi connectivity index (χ0v) is 11.5. The summed E-state index contributed by atoms with van der Waals surface area (Å²) in [6, 6.07) is 6.28. The van der Waals surface area contributed by atoms with E-state index in [2.05, 4.69) is 20.6 Å². The number of anilines is 2. The molecule has 5 heteroatoms. The van der Waals surface area contributed by atoms with Crippen molar-refractivity contribution >= 4 is 11.8 Å². The molecule has 0 aliphatic heterocycles. The number of furan rings is 1. The lowest BCUT2D eigenvalue weighted by atomic mass is 9.95. The van der Waals surface area contributed by atoms with Gasteiger partial charge in [-0.3, -0.25) is 0 Å². The third-order valence-electron chi connectivity index (χ3n) is 3.61. The molecule has 0 spiro atoms. The highest BCUT2D eigenvalue weighted by molar-refractivity contribution is 5.40. The molecule has 0 radical (unpaired) electrons. The topological polar surface area (TPSA) is 63.0 Å². The smallest absolute Gasteiger partial charge is 0.224 e. The number of nitrogens with zero attached hydrogens (tertiary/aromatic N) is 2. The Balaban J connectivity index is 1.57. The van der Waals surface area contributed by atoms with E-state index in [1.54, 1.807) is 12.5 Å². The lowest BCUT2D eigenvalue weighted by molar-refractivity contribution is 0.462. The van der Waals surface area contributed by atoms with Crippen LogP contribution in [0.4, 0.5) is 11.8 Å². The van der Waals surface area contributed by atoms with Crippen molar-refractivity contribution in [3.8, 4) is 0 Å². The summed E-state index contributed by atoms with van der Waals surface area (Å²) < 4.78 is 5.27. The van der Waals surface area contributed by atoms with E-state index in [4.69, 9.17) is 4.42 Å². The minimum atomic E-state index is 0.552. The molecule has 2 aromatic heterocycles. The van der Waals surface area contributed by atoms with E-state index < -0.39 is 0 Å². The van der Waals surface area contributed by atoms with Crippen LogP contribution in [0.3, 0.4) is 0 Å². The summed E-state index contributed by atoms with van der Waals surface area (Å²) in [6.07, 6.45) is 9.90. The molecular formula is C15H20N4O. The predicted molar refractivity (Wildman–Crippen MR) is 78.6 cm³/mol. The van der Waals surface area contributed by atoms with Crippen LogP contribution in [0.25, 0.3) is 0 Å². The highest BCUT2D eigenvalue weighted by Crippen LogP contribution is 2.21. The standard InChI is InChI=1S/C15H20N4O/c1-2-5-12(6-3-1)18-14-8-9-16-15(19-14)17-11-13-7-4-10-20-13/h4,7-10,12H,1-3,5-6,11H2,(H2,16,17,18,19). The first-order chi connectivity index (χ1) is 9.90. The summed E-state index contributed by atoms with van der Waals surface area (Å²) in [5.41, 5.74) is 0. The van der Waals surface area contributed by atoms with E-state index in [1.165, 1.54) is 32.1 Å². The molecule has 0 saturated heterocycles. The van der Waals surface area contributed by atoms with Crippen LogP contribution in [0.2, 0.25) is 0 Å². The van der Waals surface area contributed by atoms with Crippen LogP contribution in [0.1, 0.15) is 37.9 Å². The normalized spacial score (nSPS) is 16.0. The molecule has 0 aromatic carbocycles. The molecule has 20 heavy (non-hydrogen) atoms. The Hall–Kier alpha value is -2.04. The number of aromatic nitrogens is 2. The van der Waals surface area contributed by atoms with E-state index in [1.807, 2.05) is 18.2 Å².